The molecule has 2 rings (SSSR count). The van der Waals surface area contributed by atoms with Gasteiger partial charge in [-0.1, -0.05) is 0 Å². The van der Waals surface area contributed by atoms with Gasteiger partial charge in [0.2, 0.25) is 4.80 Å². The first-order valence-electron chi connectivity index (χ1n) is 7.89. The Balaban J connectivity index is 2.00. The van der Waals surface area contributed by atoms with Gasteiger partial charge in [0.1, 0.15) is 6.54 Å². The second-order valence-corrected chi connectivity index (χ2v) is 8.48. The molecule has 0 bridgehead atoms. The van der Waals surface area contributed by atoms with E-state index in [1.165, 1.54) is 10.6 Å². The standard InChI is InChI=1S/C16H22N4O3S2/c1-13-14(2)24-16(19(13)3)18-17-11-15-7-6-9-20(12-15)8-4-5-10-25(21,22)23/h6-7,9,11-12H,4-5,8,10H2,1-3H3/b17-11+,18-16-. The third-order valence-electron chi connectivity index (χ3n) is 3.84. The molecule has 0 aliphatic heterocycles. The molecule has 7 nitrogen and oxygen atoms in total. The van der Waals surface area contributed by atoms with E-state index in [0.29, 0.717) is 19.4 Å². The summed E-state index contributed by atoms with van der Waals surface area (Å²) in [6.45, 7) is 4.75. The van der Waals surface area contributed by atoms with E-state index in [0.717, 1.165) is 10.4 Å². The van der Waals surface area contributed by atoms with E-state index < -0.39 is 10.1 Å². The maximum absolute atomic E-state index is 10.6. The van der Waals surface area contributed by atoms with Crippen LogP contribution in [-0.2, 0) is 23.7 Å². The largest absolute Gasteiger partial charge is 0.748 e. The highest BCUT2D eigenvalue weighted by Gasteiger charge is 2.03. The lowest BCUT2D eigenvalue weighted by molar-refractivity contribution is -0.697. The van der Waals surface area contributed by atoms with E-state index >= 15 is 0 Å². The first kappa shape index (κ1) is 19.5. The number of aromatic nitrogens is 2. The quantitative estimate of drug-likeness (QED) is 0.237. The van der Waals surface area contributed by atoms with Crippen LogP contribution in [0.15, 0.2) is 34.7 Å². The van der Waals surface area contributed by atoms with Crippen molar-refractivity contribution >= 4 is 27.7 Å². The van der Waals surface area contributed by atoms with E-state index in [1.807, 2.05) is 47.6 Å². The molecule has 0 fully saturated rings. The second kappa shape index (κ2) is 8.50. The van der Waals surface area contributed by atoms with Gasteiger partial charge >= 0.3 is 0 Å². The summed E-state index contributed by atoms with van der Waals surface area (Å²) in [6.07, 6.45) is 6.48. The summed E-state index contributed by atoms with van der Waals surface area (Å²) in [5.41, 5.74) is 2.08. The Kier molecular flexibility index (Phi) is 6.63. The summed E-state index contributed by atoms with van der Waals surface area (Å²) in [5, 5.41) is 8.41. The maximum Gasteiger partial charge on any atom is 0.210 e. The molecule has 0 aromatic carbocycles. The van der Waals surface area contributed by atoms with Gasteiger partial charge in [-0.25, -0.2) is 13.0 Å². The van der Waals surface area contributed by atoms with Crippen molar-refractivity contribution in [2.45, 2.75) is 33.2 Å². The van der Waals surface area contributed by atoms with Crippen LogP contribution in [0.1, 0.15) is 29.0 Å². The Hall–Kier alpha value is -1.84. The molecule has 0 atom stereocenters. The molecular formula is C16H22N4O3S2. The Morgan fingerprint density at radius 1 is 1.36 bits per heavy atom. The first-order valence-corrected chi connectivity index (χ1v) is 10.3. The molecule has 0 aliphatic rings. The smallest absolute Gasteiger partial charge is 0.210 e. The number of nitrogens with zero attached hydrogens (tertiary/aromatic N) is 4. The summed E-state index contributed by atoms with van der Waals surface area (Å²) in [4.78, 5) is 2.06. The molecule has 0 spiro atoms. The Labute approximate surface area is 151 Å². The van der Waals surface area contributed by atoms with E-state index in [9.17, 15) is 13.0 Å². The van der Waals surface area contributed by atoms with Crippen LogP contribution in [0.25, 0.3) is 0 Å². The lowest BCUT2D eigenvalue weighted by Gasteiger charge is -2.04. The fourth-order valence-corrected chi connectivity index (χ4v) is 3.70. The summed E-state index contributed by atoms with van der Waals surface area (Å²) in [7, 11) is -2.16. The molecule has 9 heteroatoms. The minimum absolute atomic E-state index is 0.315. The Bertz CT molecular complexity index is 927. The van der Waals surface area contributed by atoms with Crippen LogP contribution < -0.4 is 9.37 Å². The predicted molar refractivity (Wildman–Crippen MR) is 96.4 cm³/mol. The molecule has 0 saturated heterocycles. The number of unbranched alkanes of at least 4 members (excludes halogenated alkanes) is 1. The van der Waals surface area contributed by atoms with Gasteiger partial charge in [-0.05, 0) is 26.3 Å². The third kappa shape index (κ3) is 6.18. The summed E-state index contributed by atoms with van der Waals surface area (Å²) >= 11 is 1.60. The van der Waals surface area contributed by atoms with E-state index in [4.69, 9.17) is 0 Å². The van der Waals surface area contributed by atoms with Crippen molar-refractivity contribution in [2.75, 3.05) is 5.75 Å². The molecule has 0 aliphatic carbocycles. The van der Waals surface area contributed by atoms with Crippen molar-refractivity contribution in [3.8, 4) is 0 Å². The fraction of sp³-hybridized carbons (Fsp3) is 0.438. The van der Waals surface area contributed by atoms with Crippen LogP contribution in [0, 0.1) is 13.8 Å². The number of pyridine rings is 1. The van der Waals surface area contributed by atoms with Crippen molar-refractivity contribution in [1.82, 2.24) is 4.57 Å². The minimum Gasteiger partial charge on any atom is -0.748 e. The van der Waals surface area contributed by atoms with Crippen LogP contribution in [0.2, 0.25) is 0 Å². The predicted octanol–water partition coefficient (Wildman–Crippen LogP) is 1.25. The molecule has 0 N–H and O–H groups in total. The third-order valence-corrected chi connectivity index (χ3v) is 5.76. The molecule has 2 heterocycles. The fourth-order valence-electron chi connectivity index (χ4n) is 2.22. The van der Waals surface area contributed by atoms with Gasteiger partial charge in [-0.3, -0.25) is 0 Å². The van der Waals surface area contributed by atoms with Gasteiger partial charge < -0.3 is 9.12 Å². The topological polar surface area (TPSA) is 90.7 Å². The van der Waals surface area contributed by atoms with Crippen LogP contribution in [0.5, 0.6) is 0 Å². The zero-order chi connectivity index (χ0) is 18.4. The Morgan fingerprint density at radius 3 is 2.76 bits per heavy atom. The second-order valence-electron chi connectivity index (χ2n) is 5.77. The van der Waals surface area contributed by atoms with Crippen molar-refractivity contribution in [2.24, 2.45) is 17.3 Å². The van der Waals surface area contributed by atoms with Crippen molar-refractivity contribution in [3.05, 3.63) is 45.5 Å². The summed E-state index contributed by atoms with van der Waals surface area (Å²) < 4.78 is 35.7. The summed E-state index contributed by atoms with van der Waals surface area (Å²) in [5.74, 6) is -0.315. The summed E-state index contributed by atoms with van der Waals surface area (Å²) in [6, 6.07) is 3.81. The lowest BCUT2D eigenvalue weighted by atomic mass is 10.3. The number of hydrogen-bond donors (Lipinski definition) is 0. The highest BCUT2D eigenvalue weighted by Crippen LogP contribution is 2.07. The van der Waals surface area contributed by atoms with Gasteiger partial charge in [-0.15, -0.1) is 16.4 Å². The van der Waals surface area contributed by atoms with Crippen LogP contribution in [0.3, 0.4) is 0 Å². The highest BCUT2D eigenvalue weighted by atomic mass is 32.2. The molecule has 25 heavy (non-hydrogen) atoms. The molecule has 0 unspecified atom stereocenters. The van der Waals surface area contributed by atoms with Crippen LogP contribution >= 0.6 is 11.3 Å². The van der Waals surface area contributed by atoms with Crippen molar-refractivity contribution < 1.29 is 17.5 Å². The minimum atomic E-state index is -4.12. The van der Waals surface area contributed by atoms with E-state index in [2.05, 4.69) is 17.1 Å². The monoisotopic (exact) mass is 382 g/mol. The number of aryl methyl sites for hydroxylation is 2. The number of rotatable bonds is 7. The van der Waals surface area contributed by atoms with E-state index in [-0.39, 0.29) is 5.75 Å². The van der Waals surface area contributed by atoms with Crippen molar-refractivity contribution in [3.63, 3.8) is 0 Å². The molecule has 0 radical (unpaired) electrons. The van der Waals surface area contributed by atoms with Crippen LogP contribution in [-0.4, -0.2) is 29.5 Å². The zero-order valence-corrected chi connectivity index (χ0v) is 16.2. The average Bonchev–Trinajstić information content (AvgIpc) is 2.78. The molecular weight excluding hydrogens is 360 g/mol. The molecule has 2 aromatic heterocycles. The van der Waals surface area contributed by atoms with Crippen LogP contribution in [0.4, 0.5) is 0 Å². The lowest BCUT2D eigenvalue weighted by Crippen LogP contribution is -2.33. The van der Waals surface area contributed by atoms with Gasteiger partial charge in [0.25, 0.3) is 0 Å². The van der Waals surface area contributed by atoms with E-state index in [1.54, 1.807) is 17.6 Å². The van der Waals surface area contributed by atoms with Gasteiger partial charge in [0.05, 0.1) is 21.9 Å². The van der Waals surface area contributed by atoms with Gasteiger partial charge in [0, 0.05) is 35.9 Å². The maximum atomic E-state index is 10.6. The number of thiazole rings is 1. The number of hydrogen-bond acceptors (Lipinski definition) is 6. The Morgan fingerprint density at radius 2 is 2.12 bits per heavy atom. The molecule has 0 amide bonds. The molecule has 2 aromatic rings. The SMILES string of the molecule is Cc1s/c(=N\N=C\c2ccc[n+](CCCCS(=O)(=O)[O-])c2)n(C)c1C. The molecule has 0 saturated carbocycles. The normalized spacial score (nSPS) is 13.0. The van der Waals surface area contributed by atoms with Gasteiger partial charge in [0.15, 0.2) is 12.4 Å². The first-order chi connectivity index (χ1) is 11.8. The van der Waals surface area contributed by atoms with Crippen molar-refractivity contribution in [1.29, 1.82) is 0 Å². The molecule has 136 valence electrons. The zero-order valence-electron chi connectivity index (χ0n) is 14.5. The van der Waals surface area contributed by atoms with Gasteiger partial charge in [-0.2, -0.15) is 5.10 Å². The average molecular weight is 383 g/mol. The highest BCUT2D eigenvalue weighted by molar-refractivity contribution is 7.85.